The van der Waals surface area contributed by atoms with Crippen LogP contribution >= 0.6 is 0 Å². The zero-order valence-electron chi connectivity index (χ0n) is 7.02. The number of phenolic OH excluding ortho intramolecular Hbond substituents is 1. The maximum absolute atomic E-state index is 12.9. The summed E-state index contributed by atoms with van der Waals surface area (Å²) in [4.78, 5) is 0. The van der Waals surface area contributed by atoms with E-state index in [1.165, 1.54) is 6.92 Å². The van der Waals surface area contributed by atoms with Gasteiger partial charge >= 0.3 is 6.36 Å². The third-order valence-corrected chi connectivity index (χ3v) is 1.43. The van der Waals surface area contributed by atoms with Gasteiger partial charge in [0.2, 0.25) is 0 Å². The lowest BCUT2D eigenvalue weighted by Crippen LogP contribution is -2.18. The van der Waals surface area contributed by atoms with E-state index in [0.717, 1.165) is 6.07 Å². The summed E-state index contributed by atoms with van der Waals surface area (Å²) in [5.41, 5.74) is -0.125. The summed E-state index contributed by atoms with van der Waals surface area (Å²) in [6.07, 6.45) is -4.94. The highest BCUT2D eigenvalue weighted by molar-refractivity contribution is 5.40. The Bertz CT molecular complexity index is 323. The summed E-state index contributed by atoms with van der Waals surface area (Å²) in [5.74, 6) is -2.62. The van der Waals surface area contributed by atoms with Gasteiger partial charge in [0, 0.05) is 6.07 Å². The molecule has 0 atom stereocenters. The topological polar surface area (TPSA) is 29.5 Å². The van der Waals surface area contributed by atoms with Crippen molar-refractivity contribution in [3.63, 3.8) is 0 Å². The van der Waals surface area contributed by atoms with Crippen LogP contribution < -0.4 is 4.74 Å². The maximum Gasteiger partial charge on any atom is 0.573 e. The Morgan fingerprint density at radius 2 is 1.86 bits per heavy atom. The molecule has 2 nitrogen and oxygen atoms in total. The van der Waals surface area contributed by atoms with E-state index in [0.29, 0.717) is 6.07 Å². The number of hydrogen-bond acceptors (Lipinski definition) is 2. The highest BCUT2D eigenvalue weighted by atomic mass is 19.4. The quantitative estimate of drug-likeness (QED) is 0.722. The van der Waals surface area contributed by atoms with Crippen molar-refractivity contribution in [2.24, 2.45) is 0 Å². The number of halogens is 4. The molecule has 78 valence electrons. The number of phenols is 1. The first-order chi connectivity index (χ1) is 6.29. The molecule has 1 N–H and O–H groups in total. The molecule has 1 aromatic carbocycles. The van der Waals surface area contributed by atoms with Gasteiger partial charge in [-0.1, -0.05) is 0 Å². The second kappa shape index (κ2) is 3.36. The van der Waals surface area contributed by atoms with E-state index in [4.69, 9.17) is 5.11 Å². The molecule has 0 spiro atoms. The van der Waals surface area contributed by atoms with Crippen LogP contribution in [0.4, 0.5) is 17.6 Å². The standard InChI is InChI=1S/C8H6F4O2/c1-4-2-5(13)3-6(9)7(4)14-8(10,11)12/h2-3,13H,1H3. The molecule has 0 bridgehead atoms. The lowest BCUT2D eigenvalue weighted by Gasteiger charge is -2.12. The van der Waals surface area contributed by atoms with Gasteiger partial charge in [-0.25, -0.2) is 4.39 Å². The molecular formula is C8H6F4O2. The molecule has 0 saturated carbocycles. The van der Waals surface area contributed by atoms with Gasteiger partial charge in [0.1, 0.15) is 5.75 Å². The number of ether oxygens (including phenoxy) is 1. The van der Waals surface area contributed by atoms with Crippen molar-refractivity contribution in [2.75, 3.05) is 0 Å². The van der Waals surface area contributed by atoms with Crippen molar-refractivity contribution in [1.29, 1.82) is 0 Å². The molecule has 0 heterocycles. The Labute approximate surface area is 76.7 Å². The van der Waals surface area contributed by atoms with Crippen LogP contribution in [0.5, 0.6) is 11.5 Å². The molecular weight excluding hydrogens is 204 g/mol. The molecule has 0 aliphatic carbocycles. The minimum atomic E-state index is -4.94. The Hall–Kier alpha value is -1.46. The smallest absolute Gasteiger partial charge is 0.508 e. The first kappa shape index (κ1) is 10.6. The predicted molar refractivity (Wildman–Crippen MR) is 39.5 cm³/mol. The lowest BCUT2D eigenvalue weighted by atomic mass is 10.2. The summed E-state index contributed by atoms with van der Waals surface area (Å²) in [6.45, 7) is 1.20. The van der Waals surface area contributed by atoms with Crippen molar-refractivity contribution >= 4 is 0 Å². The minimum Gasteiger partial charge on any atom is -0.508 e. The second-order valence-corrected chi connectivity index (χ2v) is 2.62. The molecule has 6 heteroatoms. The van der Waals surface area contributed by atoms with E-state index in [9.17, 15) is 17.6 Å². The van der Waals surface area contributed by atoms with Crippen LogP contribution in [0.1, 0.15) is 5.56 Å². The molecule has 0 aromatic heterocycles. The third-order valence-electron chi connectivity index (χ3n) is 1.43. The normalized spacial score (nSPS) is 11.5. The molecule has 1 rings (SSSR count). The fraction of sp³-hybridized carbons (Fsp3) is 0.250. The second-order valence-electron chi connectivity index (χ2n) is 2.62. The summed E-state index contributed by atoms with van der Waals surface area (Å²) < 4.78 is 51.5. The average Bonchev–Trinajstić information content (AvgIpc) is 1.95. The monoisotopic (exact) mass is 210 g/mol. The van der Waals surface area contributed by atoms with Crippen molar-refractivity contribution in [2.45, 2.75) is 13.3 Å². The zero-order chi connectivity index (χ0) is 10.9. The number of alkyl halides is 3. The molecule has 0 radical (unpaired) electrons. The van der Waals surface area contributed by atoms with Gasteiger partial charge in [-0.3, -0.25) is 0 Å². The SMILES string of the molecule is Cc1cc(O)cc(F)c1OC(F)(F)F. The van der Waals surface area contributed by atoms with Crippen molar-refractivity contribution < 1.29 is 27.4 Å². The van der Waals surface area contributed by atoms with Gasteiger partial charge in [0.25, 0.3) is 0 Å². The summed E-state index contributed by atoms with van der Waals surface area (Å²) in [5, 5.41) is 8.84. The van der Waals surface area contributed by atoms with Crippen LogP contribution in [0.25, 0.3) is 0 Å². The Balaban J connectivity index is 3.09. The lowest BCUT2D eigenvalue weighted by molar-refractivity contribution is -0.275. The van der Waals surface area contributed by atoms with Crippen LogP contribution in [0, 0.1) is 12.7 Å². The Morgan fingerprint density at radius 3 is 2.29 bits per heavy atom. The largest absolute Gasteiger partial charge is 0.573 e. The van der Waals surface area contributed by atoms with Gasteiger partial charge in [-0.15, -0.1) is 13.2 Å². The van der Waals surface area contributed by atoms with E-state index < -0.39 is 23.7 Å². The molecule has 0 saturated heterocycles. The van der Waals surface area contributed by atoms with E-state index in [2.05, 4.69) is 4.74 Å². The van der Waals surface area contributed by atoms with Crippen molar-refractivity contribution in [1.82, 2.24) is 0 Å². The minimum absolute atomic E-state index is 0.125. The first-order valence-corrected chi connectivity index (χ1v) is 3.54. The van der Waals surface area contributed by atoms with Gasteiger partial charge in [-0.2, -0.15) is 0 Å². The number of aromatic hydroxyl groups is 1. The van der Waals surface area contributed by atoms with Crippen LogP contribution in [0.3, 0.4) is 0 Å². The molecule has 0 amide bonds. The Morgan fingerprint density at radius 1 is 1.29 bits per heavy atom. The molecule has 14 heavy (non-hydrogen) atoms. The fourth-order valence-electron chi connectivity index (χ4n) is 0.958. The summed E-state index contributed by atoms with van der Waals surface area (Å²) >= 11 is 0. The van der Waals surface area contributed by atoms with E-state index in [1.807, 2.05) is 0 Å². The first-order valence-electron chi connectivity index (χ1n) is 3.54. The number of benzene rings is 1. The Kier molecular flexibility index (Phi) is 2.55. The summed E-state index contributed by atoms with van der Waals surface area (Å²) in [7, 11) is 0. The van der Waals surface area contributed by atoms with Crippen LogP contribution in [0.15, 0.2) is 12.1 Å². The van der Waals surface area contributed by atoms with Gasteiger partial charge in [0.05, 0.1) is 0 Å². The van der Waals surface area contributed by atoms with Gasteiger partial charge in [-0.05, 0) is 18.6 Å². The van der Waals surface area contributed by atoms with Crippen molar-refractivity contribution in [3.8, 4) is 11.5 Å². The zero-order valence-corrected chi connectivity index (χ0v) is 7.02. The number of hydrogen-bond donors (Lipinski definition) is 1. The fourth-order valence-corrected chi connectivity index (χ4v) is 0.958. The third kappa shape index (κ3) is 2.51. The molecule has 0 unspecified atom stereocenters. The highest BCUT2D eigenvalue weighted by Gasteiger charge is 2.33. The average molecular weight is 210 g/mol. The van der Waals surface area contributed by atoms with E-state index in [-0.39, 0.29) is 5.56 Å². The number of rotatable bonds is 1. The summed E-state index contributed by atoms with van der Waals surface area (Å²) in [6, 6.07) is 1.53. The molecule has 0 aliphatic rings. The van der Waals surface area contributed by atoms with Crippen molar-refractivity contribution in [3.05, 3.63) is 23.5 Å². The molecule has 1 aromatic rings. The van der Waals surface area contributed by atoms with Gasteiger partial charge in [0.15, 0.2) is 11.6 Å². The van der Waals surface area contributed by atoms with Crippen LogP contribution in [-0.4, -0.2) is 11.5 Å². The predicted octanol–water partition coefficient (Wildman–Crippen LogP) is 2.74. The van der Waals surface area contributed by atoms with Gasteiger partial charge < -0.3 is 9.84 Å². The maximum atomic E-state index is 12.9. The molecule has 0 aliphatic heterocycles. The number of aryl methyl sites for hydroxylation is 1. The van der Waals surface area contributed by atoms with E-state index >= 15 is 0 Å². The van der Waals surface area contributed by atoms with E-state index in [1.54, 1.807) is 0 Å². The molecule has 0 fully saturated rings. The van der Waals surface area contributed by atoms with Crippen LogP contribution in [0.2, 0.25) is 0 Å². The highest BCUT2D eigenvalue weighted by Crippen LogP contribution is 2.31. The van der Waals surface area contributed by atoms with Crippen LogP contribution in [-0.2, 0) is 0 Å².